The summed E-state index contributed by atoms with van der Waals surface area (Å²) in [4.78, 5) is 29.7. The summed E-state index contributed by atoms with van der Waals surface area (Å²) in [7, 11) is -1.51. The van der Waals surface area contributed by atoms with Gasteiger partial charge < -0.3 is 25.4 Å². The smallest absolute Gasteiger partial charge is 0.451 e. The van der Waals surface area contributed by atoms with Gasteiger partial charge in [0.15, 0.2) is 5.54 Å². The molecular formula is C18H27BClN5O5. The van der Waals surface area contributed by atoms with Crippen molar-refractivity contribution in [3.8, 4) is 0 Å². The van der Waals surface area contributed by atoms with Crippen LogP contribution in [0.3, 0.4) is 0 Å². The second-order valence-electron chi connectivity index (χ2n) is 7.42. The fourth-order valence-corrected chi connectivity index (χ4v) is 3.54. The Morgan fingerprint density at radius 2 is 2.10 bits per heavy atom. The number of nitrogens with zero attached hydrogens (tertiary/aromatic N) is 4. The van der Waals surface area contributed by atoms with Gasteiger partial charge in [-0.1, -0.05) is 41.9 Å². The van der Waals surface area contributed by atoms with Gasteiger partial charge in [0.05, 0.1) is 6.04 Å². The Balaban J connectivity index is 0.00000450. The first-order valence-electron chi connectivity index (χ1n) is 9.45. The molecule has 1 amide bonds. The lowest BCUT2D eigenvalue weighted by molar-refractivity contribution is -0.156. The molecule has 0 bridgehead atoms. The molecule has 1 unspecified atom stereocenters. The van der Waals surface area contributed by atoms with Gasteiger partial charge in [0.25, 0.3) is 0 Å². The number of amides is 1. The van der Waals surface area contributed by atoms with Gasteiger partial charge in [-0.15, -0.1) is 12.4 Å². The summed E-state index contributed by atoms with van der Waals surface area (Å²) in [6.07, 6.45) is 0.533. The summed E-state index contributed by atoms with van der Waals surface area (Å²) in [5, 5.41) is 22.1. The first-order chi connectivity index (χ1) is 13.8. The van der Waals surface area contributed by atoms with Crippen LogP contribution in [0.15, 0.2) is 35.4 Å². The minimum absolute atomic E-state index is 0. The molecule has 1 aliphatic rings. The third kappa shape index (κ3) is 6.89. The number of benzene rings is 1. The lowest BCUT2D eigenvalue weighted by Gasteiger charge is -2.42. The fraction of sp³-hybridized carbons (Fsp3) is 0.556. The molecular weight excluding hydrogens is 412 g/mol. The Labute approximate surface area is 181 Å². The van der Waals surface area contributed by atoms with Crippen molar-refractivity contribution >= 4 is 31.4 Å². The van der Waals surface area contributed by atoms with Crippen molar-refractivity contribution in [1.82, 2.24) is 4.90 Å². The number of carbonyl (C=O) groups excluding carboxylic acids is 2. The maximum atomic E-state index is 12.9. The first kappa shape index (κ1) is 25.7. The number of esters is 1. The van der Waals surface area contributed by atoms with E-state index in [1.54, 1.807) is 12.1 Å². The molecule has 0 spiro atoms. The Kier molecular flexibility index (Phi) is 10.1. The molecule has 1 aromatic carbocycles. The van der Waals surface area contributed by atoms with Gasteiger partial charge in [-0.05, 0) is 36.7 Å². The third-order valence-corrected chi connectivity index (χ3v) is 4.92. The minimum atomic E-state index is -1.60. The lowest BCUT2D eigenvalue weighted by Crippen LogP contribution is -2.59. The zero-order valence-electron chi connectivity index (χ0n) is 16.8. The molecule has 1 heterocycles. The number of ether oxygens (including phenoxy) is 1. The van der Waals surface area contributed by atoms with Crippen LogP contribution in [0.2, 0.25) is 6.32 Å². The summed E-state index contributed by atoms with van der Waals surface area (Å²) < 4.78 is 5.41. The summed E-state index contributed by atoms with van der Waals surface area (Å²) in [5.74, 6) is -1.40. The van der Waals surface area contributed by atoms with Crippen LogP contribution >= 0.6 is 12.4 Å². The lowest BCUT2D eigenvalue weighted by atomic mass is 9.75. The average Bonchev–Trinajstić information content (AvgIpc) is 2.70. The van der Waals surface area contributed by atoms with Crippen molar-refractivity contribution in [1.29, 1.82) is 0 Å². The van der Waals surface area contributed by atoms with Crippen LogP contribution in [-0.2, 0) is 20.9 Å². The number of nitrogens with two attached hydrogens (primary N) is 1. The zero-order chi connectivity index (χ0) is 21.4. The summed E-state index contributed by atoms with van der Waals surface area (Å²) in [6.45, 7) is 1.68. The first-order valence-corrected chi connectivity index (χ1v) is 9.45. The van der Waals surface area contributed by atoms with Gasteiger partial charge >= 0.3 is 13.1 Å². The Morgan fingerprint density at radius 1 is 1.43 bits per heavy atom. The zero-order valence-corrected chi connectivity index (χ0v) is 17.6. The number of rotatable bonds is 8. The normalized spacial score (nSPS) is 21.6. The van der Waals surface area contributed by atoms with Crippen LogP contribution in [0, 0.1) is 5.92 Å². The van der Waals surface area contributed by atoms with Crippen molar-refractivity contribution in [2.24, 2.45) is 16.8 Å². The maximum absolute atomic E-state index is 12.9. The second kappa shape index (κ2) is 11.8. The van der Waals surface area contributed by atoms with Gasteiger partial charge in [0.2, 0.25) is 5.91 Å². The molecule has 2 rings (SSSR count). The number of azide groups is 1. The molecule has 1 saturated heterocycles. The van der Waals surface area contributed by atoms with E-state index < -0.39 is 24.7 Å². The molecule has 10 nitrogen and oxygen atoms in total. The molecule has 1 fully saturated rings. The van der Waals surface area contributed by atoms with Gasteiger partial charge in [0.1, 0.15) is 6.61 Å². The summed E-state index contributed by atoms with van der Waals surface area (Å²) in [5.41, 5.74) is 14.0. The van der Waals surface area contributed by atoms with Gasteiger partial charge in [0, 0.05) is 18.0 Å². The number of hydrogen-bond acceptors (Lipinski definition) is 7. The van der Waals surface area contributed by atoms with E-state index >= 15 is 0 Å². The monoisotopic (exact) mass is 439 g/mol. The van der Waals surface area contributed by atoms with E-state index in [1.165, 1.54) is 11.8 Å². The molecule has 3 atom stereocenters. The van der Waals surface area contributed by atoms with Crippen LogP contribution in [0.4, 0.5) is 0 Å². The van der Waals surface area contributed by atoms with Gasteiger partial charge in [-0.3, -0.25) is 9.59 Å². The van der Waals surface area contributed by atoms with Crippen molar-refractivity contribution in [3.05, 3.63) is 46.3 Å². The summed E-state index contributed by atoms with van der Waals surface area (Å²) >= 11 is 0. The molecule has 0 saturated carbocycles. The largest absolute Gasteiger partial charge is 0.460 e. The van der Waals surface area contributed by atoms with Crippen molar-refractivity contribution in [3.63, 3.8) is 0 Å². The number of likely N-dealkylation sites (tertiary alicyclic amines) is 1. The van der Waals surface area contributed by atoms with E-state index in [4.69, 9.17) is 16.0 Å². The minimum Gasteiger partial charge on any atom is -0.460 e. The molecule has 1 aliphatic heterocycles. The Morgan fingerprint density at radius 3 is 2.67 bits per heavy atom. The molecule has 4 N–H and O–H groups in total. The van der Waals surface area contributed by atoms with E-state index in [-0.39, 0.29) is 56.7 Å². The topological polar surface area (TPSA) is 162 Å². The van der Waals surface area contributed by atoms with E-state index in [9.17, 15) is 19.6 Å². The van der Waals surface area contributed by atoms with Crippen LogP contribution in [-0.4, -0.2) is 58.6 Å². The SMILES string of the molecule is CC(N)C(=O)N1C[C@H](CCB(O)O)C[C@](N=[N+]=[N-])(C(=O)OCc2ccccc2)C1.Cl. The van der Waals surface area contributed by atoms with Crippen LogP contribution in [0.5, 0.6) is 0 Å². The Hall–Kier alpha value is -2.30. The molecule has 0 aromatic heterocycles. The van der Waals surface area contributed by atoms with Crippen molar-refractivity contribution < 1.29 is 24.4 Å². The Bertz CT molecular complexity index is 763. The van der Waals surface area contributed by atoms with Crippen molar-refractivity contribution in [2.75, 3.05) is 13.1 Å². The molecule has 30 heavy (non-hydrogen) atoms. The third-order valence-electron chi connectivity index (χ3n) is 4.92. The van der Waals surface area contributed by atoms with Gasteiger partial charge in [-0.25, -0.2) is 0 Å². The average molecular weight is 440 g/mol. The number of carbonyl (C=O) groups is 2. The predicted molar refractivity (Wildman–Crippen MR) is 113 cm³/mol. The van der Waals surface area contributed by atoms with Gasteiger partial charge in [-0.2, -0.15) is 0 Å². The van der Waals surface area contributed by atoms with E-state index in [2.05, 4.69) is 10.0 Å². The quantitative estimate of drug-likeness (QED) is 0.181. The molecule has 1 aromatic rings. The number of halogens is 1. The highest BCUT2D eigenvalue weighted by Crippen LogP contribution is 2.34. The molecule has 0 aliphatic carbocycles. The predicted octanol–water partition coefficient (Wildman–Crippen LogP) is 1.26. The van der Waals surface area contributed by atoms with Crippen LogP contribution < -0.4 is 5.73 Å². The van der Waals surface area contributed by atoms with E-state index in [1.807, 2.05) is 18.2 Å². The number of hydrogen-bond donors (Lipinski definition) is 3. The highest BCUT2D eigenvalue weighted by atomic mass is 35.5. The van der Waals surface area contributed by atoms with Crippen molar-refractivity contribution in [2.45, 2.75) is 44.3 Å². The van der Waals surface area contributed by atoms with E-state index in [0.29, 0.717) is 6.42 Å². The summed E-state index contributed by atoms with van der Waals surface area (Å²) in [6, 6.07) is 8.27. The molecule has 12 heteroatoms. The molecule has 164 valence electrons. The fourth-order valence-electron chi connectivity index (χ4n) is 3.54. The highest BCUT2D eigenvalue weighted by molar-refractivity contribution is 6.40. The van der Waals surface area contributed by atoms with Crippen LogP contribution in [0.25, 0.3) is 10.4 Å². The second-order valence-corrected chi connectivity index (χ2v) is 7.42. The standard InChI is InChI=1S/C18H26BN5O5.ClH/c1-13(20)16(25)24-10-15(7-8-19(27)28)9-18(12-24,22-23-21)17(26)29-11-14-5-3-2-4-6-14;/h2-6,13,15,27-28H,7-12,20H2,1H3;1H/t13?,15-,18-;/m1./s1. The van der Waals surface area contributed by atoms with E-state index in [0.717, 1.165) is 5.56 Å². The number of piperidine rings is 1. The maximum Gasteiger partial charge on any atom is 0.451 e. The highest BCUT2D eigenvalue weighted by Gasteiger charge is 2.48. The van der Waals surface area contributed by atoms with Crippen LogP contribution in [0.1, 0.15) is 25.3 Å². The molecule has 0 radical (unpaired) electrons.